The SMILES string of the molecule is COCC(N)C(=O)N(C)Cc1nc2ccccc2n1C.Cl.Cl. The van der Waals surface area contributed by atoms with Gasteiger partial charge in [-0.1, -0.05) is 12.1 Å². The van der Waals surface area contributed by atoms with Gasteiger partial charge in [0.15, 0.2) is 0 Å². The van der Waals surface area contributed by atoms with Crippen LogP contribution in [0.3, 0.4) is 0 Å². The number of imidazole rings is 1. The Morgan fingerprint density at radius 2 is 2.05 bits per heavy atom. The maximum atomic E-state index is 12.0. The first-order valence-corrected chi connectivity index (χ1v) is 6.44. The van der Waals surface area contributed by atoms with E-state index in [-0.39, 0.29) is 37.3 Å². The number of para-hydroxylation sites is 2. The van der Waals surface area contributed by atoms with Gasteiger partial charge in [-0.05, 0) is 12.1 Å². The predicted octanol–water partition coefficient (Wildman–Crippen LogP) is 1.35. The van der Waals surface area contributed by atoms with Crippen molar-refractivity contribution in [3.8, 4) is 0 Å². The molecule has 0 bridgehead atoms. The van der Waals surface area contributed by atoms with E-state index in [4.69, 9.17) is 10.5 Å². The van der Waals surface area contributed by atoms with Gasteiger partial charge in [-0.3, -0.25) is 4.79 Å². The van der Waals surface area contributed by atoms with Crippen molar-refractivity contribution in [2.75, 3.05) is 20.8 Å². The van der Waals surface area contributed by atoms with Crippen molar-refractivity contribution in [3.63, 3.8) is 0 Å². The zero-order chi connectivity index (χ0) is 14.7. The van der Waals surface area contributed by atoms with Crippen LogP contribution in [0.1, 0.15) is 5.82 Å². The van der Waals surface area contributed by atoms with Crippen molar-refractivity contribution in [2.45, 2.75) is 12.6 Å². The lowest BCUT2D eigenvalue weighted by molar-refractivity contribution is -0.133. The molecule has 6 nitrogen and oxygen atoms in total. The minimum Gasteiger partial charge on any atom is -0.383 e. The molecule has 0 saturated carbocycles. The topological polar surface area (TPSA) is 73.4 Å². The van der Waals surface area contributed by atoms with Gasteiger partial charge in [0.2, 0.25) is 5.91 Å². The highest BCUT2D eigenvalue weighted by atomic mass is 35.5. The molecule has 2 rings (SSSR count). The van der Waals surface area contributed by atoms with E-state index in [9.17, 15) is 4.79 Å². The molecule has 0 saturated heterocycles. The number of ether oxygens (including phenoxy) is 1. The van der Waals surface area contributed by atoms with E-state index >= 15 is 0 Å². The van der Waals surface area contributed by atoms with Gasteiger partial charge in [0, 0.05) is 21.2 Å². The molecular formula is C14H22Cl2N4O2. The van der Waals surface area contributed by atoms with Gasteiger partial charge in [-0.15, -0.1) is 24.8 Å². The molecule has 1 atom stereocenters. The number of nitrogens with zero attached hydrogens (tertiary/aromatic N) is 3. The van der Waals surface area contributed by atoms with Crippen molar-refractivity contribution in [3.05, 3.63) is 30.1 Å². The van der Waals surface area contributed by atoms with Crippen molar-refractivity contribution >= 4 is 41.8 Å². The molecule has 0 radical (unpaired) electrons. The van der Waals surface area contributed by atoms with Crippen LogP contribution in [0, 0.1) is 0 Å². The molecule has 0 aliphatic carbocycles. The van der Waals surface area contributed by atoms with Crippen molar-refractivity contribution in [1.29, 1.82) is 0 Å². The molecule has 0 fully saturated rings. The second-order valence-electron chi connectivity index (χ2n) is 4.83. The number of hydrogen-bond acceptors (Lipinski definition) is 4. The first kappa shape index (κ1) is 20.7. The molecule has 8 heteroatoms. The Balaban J connectivity index is 0.00000220. The lowest BCUT2D eigenvalue weighted by Gasteiger charge is -2.20. The quantitative estimate of drug-likeness (QED) is 0.884. The summed E-state index contributed by atoms with van der Waals surface area (Å²) in [6.45, 7) is 0.632. The monoisotopic (exact) mass is 348 g/mol. The molecule has 0 aliphatic heterocycles. The fourth-order valence-electron chi connectivity index (χ4n) is 2.16. The number of fused-ring (bicyclic) bond motifs is 1. The van der Waals surface area contributed by atoms with Crippen LogP contribution >= 0.6 is 24.8 Å². The van der Waals surface area contributed by atoms with Gasteiger partial charge in [-0.25, -0.2) is 4.98 Å². The van der Waals surface area contributed by atoms with Crippen molar-refractivity contribution in [2.24, 2.45) is 12.8 Å². The number of aromatic nitrogens is 2. The van der Waals surface area contributed by atoms with E-state index in [1.165, 1.54) is 7.11 Å². The van der Waals surface area contributed by atoms with E-state index in [1.807, 2.05) is 35.9 Å². The second-order valence-corrected chi connectivity index (χ2v) is 4.83. The zero-order valence-electron chi connectivity index (χ0n) is 12.9. The van der Waals surface area contributed by atoms with E-state index in [0.717, 1.165) is 16.9 Å². The average Bonchev–Trinajstić information content (AvgIpc) is 2.75. The van der Waals surface area contributed by atoms with Gasteiger partial charge >= 0.3 is 0 Å². The molecule has 0 aliphatic rings. The average molecular weight is 349 g/mol. The molecule has 1 heterocycles. The normalized spacial score (nSPS) is 11.5. The number of halogens is 2. The van der Waals surface area contributed by atoms with Crippen LogP contribution in [0.4, 0.5) is 0 Å². The Hall–Kier alpha value is -1.34. The predicted molar refractivity (Wildman–Crippen MR) is 91.5 cm³/mol. The molecule has 22 heavy (non-hydrogen) atoms. The smallest absolute Gasteiger partial charge is 0.242 e. The summed E-state index contributed by atoms with van der Waals surface area (Å²) in [5, 5.41) is 0. The summed E-state index contributed by atoms with van der Waals surface area (Å²) in [4.78, 5) is 18.2. The summed E-state index contributed by atoms with van der Waals surface area (Å²) in [6, 6.07) is 7.24. The van der Waals surface area contributed by atoms with Crippen LogP contribution in [-0.4, -0.2) is 47.2 Å². The number of likely N-dealkylation sites (N-methyl/N-ethyl adjacent to an activating group) is 1. The molecule has 1 aromatic heterocycles. The first-order chi connectivity index (χ1) is 9.54. The molecule has 1 unspecified atom stereocenters. The summed E-state index contributed by atoms with van der Waals surface area (Å²) in [7, 11) is 5.19. The third-order valence-electron chi connectivity index (χ3n) is 3.30. The highest BCUT2D eigenvalue weighted by Crippen LogP contribution is 2.15. The Labute approximate surface area is 142 Å². The Kier molecular flexibility index (Phi) is 8.40. The van der Waals surface area contributed by atoms with Gasteiger partial charge in [0.05, 0.1) is 24.2 Å². The summed E-state index contributed by atoms with van der Waals surface area (Å²) >= 11 is 0. The second kappa shape index (κ2) is 8.95. The largest absolute Gasteiger partial charge is 0.383 e. The van der Waals surface area contributed by atoms with Crippen LogP contribution in [-0.2, 0) is 23.1 Å². The molecule has 1 amide bonds. The van der Waals surface area contributed by atoms with E-state index in [0.29, 0.717) is 6.54 Å². The number of methoxy groups -OCH3 is 1. The fourth-order valence-corrected chi connectivity index (χ4v) is 2.16. The number of amides is 1. The standard InChI is InChI=1S/C14H20N4O2.2ClH/c1-17(14(19)10(15)9-20-3)8-13-16-11-6-4-5-7-12(11)18(13)2;;/h4-7,10H,8-9,15H2,1-3H3;2*1H. The van der Waals surface area contributed by atoms with Crippen LogP contribution in [0.25, 0.3) is 11.0 Å². The van der Waals surface area contributed by atoms with Crippen LogP contribution in [0.5, 0.6) is 0 Å². The number of carbonyl (C=O) groups excluding carboxylic acids is 1. The number of benzene rings is 1. The fraction of sp³-hybridized carbons (Fsp3) is 0.429. The summed E-state index contributed by atoms with van der Waals surface area (Å²) in [6.07, 6.45) is 0. The van der Waals surface area contributed by atoms with Crippen LogP contribution in [0.15, 0.2) is 24.3 Å². The maximum absolute atomic E-state index is 12.0. The molecule has 2 N–H and O–H groups in total. The third-order valence-corrected chi connectivity index (χ3v) is 3.30. The Morgan fingerprint density at radius 1 is 1.41 bits per heavy atom. The maximum Gasteiger partial charge on any atom is 0.242 e. The Bertz CT molecular complexity index is 618. The van der Waals surface area contributed by atoms with E-state index in [1.54, 1.807) is 11.9 Å². The van der Waals surface area contributed by atoms with E-state index < -0.39 is 6.04 Å². The van der Waals surface area contributed by atoms with Crippen molar-refractivity contribution < 1.29 is 9.53 Å². The number of hydrogen-bond donors (Lipinski definition) is 1. The number of aryl methyl sites for hydroxylation is 1. The summed E-state index contributed by atoms with van der Waals surface area (Å²) < 4.78 is 6.89. The summed E-state index contributed by atoms with van der Waals surface area (Å²) in [5.74, 6) is 0.672. The molecule has 124 valence electrons. The number of rotatable bonds is 5. The zero-order valence-corrected chi connectivity index (χ0v) is 14.5. The minimum atomic E-state index is -0.639. The Morgan fingerprint density at radius 3 is 2.64 bits per heavy atom. The third kappa shape index (κ3) is 4.33. The molecule has 2 aromatic rings. The lowest BCUT2D eigenvalue weighted by Crippen LogP contribution is -2.44. The summed E-state index contributed by atoms with van der Waals surface area (Å²) in [5.41, 5.74) is 7.72. The van der Waals surface area contributed by atoms with E-state index in [2.05, 4.69) is 4.98 Å². The van der Waals surface area contributed by atoms with Crippen LogP contribution in [0.2, 0.25) is 0 Å². The molecular weight excluding hydrogens is 327 g/mol. The van der Waals surface area contributed by atoms with Gasteiger partial charge in [-0.2, -0.15) is 0 Å². The lowest BCUT2D eigenvalue weighted by atomic mass is 10.3. The first-order valence-electron chi connectivity index (χ1n) is 6.44. The highest BCUT2D eigenvalue weighted by Gasteiger charge is 2.19. The number of nitrogens with two attached hydrogens (primary N) is 1. The van der Waals surface area contributed by atoms with Crippen LogP contribution < -0.4 is 5.73 Å². The number of carbonyl (C=O) groups is 1. The van der Waals surface area contributed by atoms with Crippen molar-refractivity contribution in [1.82, 2.24) is 14.5 Å². The van der Waals surface area contributed by atoms with Gasteiger partial charge in [0.25, 0.3) is 0 Å². The highest BCUT2D eigenvalue weighted by molar-refractivity contribution is 5.85. The molecule has 0 spiro atoms. The van der Waals surface area contributed by atoms with Gasteiger partial charge < -0.3 is 19.9 Å². The van der Waals surface area contributed by atoms with Gasteiger partial charge in [0.1, 0.15) is 11.9 Å². The minimum absolute atomic E-state index is 0. The molecule has 1 aromatic carbocycles.